The highest BCUT2D eigenvalue weighted by molar-refractivity contribution is 5.89. The van der Waals surface area contributed by atoms with Gasteiger partial charge in [0, 0.05) is 24.4 Å². The minimum Gasteiger partial charge on any atom is -0.453 e. The lowest BCUT2D eigenvalue weighted by Crippen LogP contribution is -2.43. The van der Waals surface area contributed by atoms with E-state index in [0.717, 1.165) is 25.7 Å². The summed E-state index contributed by atoms with van der Waals surface area (Å²) in [7, 11) is 0. The first-order chi connectivity index (χ1) is 15.0. The molecule has 0 bridgehead atoms. The number of aromatic nitrogens is 1. The van der Waals surface area contributed by atoms with Crippen molar-refractivity contribution in [3.8, 4) is 11.5 Å². The van der Waals surface area contributed by atoms with E-state index >= 15 is 0 Å². The summed E-state index contributed by atoms with van der Waals surface area (Å²) in [6.07, 6.45) is 10.1. The first-order valence-corrected chi connectivity index (χ1v) is 10.5. The molecule has 4 rings (SSSR count). The molecule has 2 aromatic rings. The van der Waals surface area contributed by atoms with Crippen molar-refractivity contribution >= 4 is 18.0 Å². The number of carbonyl (C=O) groups excluding carboxylic acids is 2. The number of benzene rings is 1. The summed E-state index contributed by atoms with van der Waals surface area (Å²) >= 11 is 0. The molecule has 0 aliphatic heterocycles. The molecule has 31 heavy (non-hydrogen) atoms. The van der Waals surface area contributed by atoms with E-state index in [4.69, 9.17) is 9.47 Å². The quantitative estimate of drug-likeness (QED) is 0.442. The van der Waals surface area contributed by atoms with Crippen LogP contribution in [0, 0.1) is 11.7 Å². The van der Waals surface area contributed by atoms with E-state index in [0.29, 0.717) is 17.2 Å². The number of hydrogen-bond donors (Lipinski definition) is 0. The van der Waals surface area contributed by atoms with Gasteiger partial charge in [-0.1, -0.05) is 6.07 Å². The van der Waals surface area contributed by atoms with Gasteiger partial charge in [-0.05, 0) is 74.4 Å². The van der Waals surface area contributed by atoms with Gasteiger partial charge >= 0.3 is 5.97 Å². The standard InChI is InChI=1S/C24H25FN2O4/c1-16(18-6-7-18)27(19-8-9-19)23(28)15-30-24(29)11-5-17-4-10-22(21(25)13-17)31-20-3-2-12-26-14-20/h2-5,10-14,16,18-19H,6-9,15H2,1H3/b11-5+. The fraction of sp³-hybridized carbons (Fsp3) is 0.375. The van der Waals surface area contributed by atoms with Crippen LogP contribution in [0.5, 0.6) is 11.5 Å². The van der Waals surface area contributed by atoms with E-state index in [2.05, 4.69) is 11.9 Å². The summed E-state index contributed by atoms with van der Waals surface area (Å²) in [5.41, 5.74) is 0.473. The molecule has 7 heteroatoms. The number of halogens is 1. The summed E-state index contributed by atoms with van der Waals surface area (Å²) in [4.78, 5) is 30.4. The van der Waals surface area contributed by atoms with E-state index in [9.17, 15) is 14.0 Å². The van der Waals surface area contributed by atoms with Crippen molar-refractivity contribution in [3.63, 3.8) is 0 Å². The van der Waals surface area contributed by atoms with E-state index in [1.54, 1.807) is 24.4 Å². The third-order valence-corrected chi connectivity index (χ3v) is 5.54. The van der Waals surface area contributed by atoms with E-state index in [1.165, 1.54) is 30.5 Å². The van der Waals surface area contributed by atoms with Gasteiger partial charge in [-0.25, -0.2) is 9.18 Å². The van der Waals surface area contributed by atoms with Gasteiger partial charge in [-0.3, -0.25) is 9.78 Å². The zero-order chi connectivity index (χ0) is 21.8. The molecule has 2 aliphatic carbocycles. The molecule has 6 nitrogen and oxygen atoms in total. The van der Waals surface area contributed by atoms with Crippen LogP contribution in [0.2, 0.25) is 0 Å². The Morgan fingerprint density at radius 3 is 2.71 bits per heavy atom. The van der Waals surface area contributed by atoms with Gasteiger partial charge < -0.3 is 14.4 Å². The van der Waals surface area contributed by atoms with Gasteiger partial charge in [0.2, 0.25) is 0 Å². The first kappa shape index (κ1) is 21.0. The molecule has 1 amide bonds. The zero-order valence-corrected chi connectivity index (χ0v) is 17.4. The third-order valence-electron chi connectivity index (χ3n) is 5.54. The highest BCUT2D eigenvalue weighted by atomic mass is 19.1. The van der Waals surface area contributed by atoms with E-state index in [-0.39, 0.29) is 30.3 Å². The number of hydrogen-bond acceptors (Lipinski definition) is 5. The van der Waals surface area contributed by atoms with Gasteiger partial charge in [0.25, 0.3) is 5.91 Å². The normalized spacial score (nSPS) is 16.7. The Morgan fingerprint density at radius 2 is 2.06 bits per heavy atom. The predicted molar refractivity (Wildman–Crippen MR) is 113 cm³/mol. The molecule has 1 unspecified atom stereocenters. The van der Waals surface area contributed by atoms with Crippen LogP contribution in [0.4, 0.5) is 4.39 Å². The number of pyridine rings is 1. The van der Waals surface area contributed by atoms with Crippen LogP contribution in [0.15, 0.2) is 48.8 Å². The number of amides is 1. The van der Waals surface area contributed by atoms with Crippen molar-refractivity contribution in [2.75, 3.05) is 6.61 Å². The predicted octanol–water partition coefficient (Wildman–Crippen LogP) is 4.36. The molecule has 1 aromatic heterocycles. The van der Waals surface area contributed by atoms with Crippen LogP contribution in [0.3, 0.4) is 0 Å². The van der Waals surface area contributed by atoms with Crippen molar-refractivity contribution < 1.29 is 23.5 Å². The second-order valence-electron chi connectivity index (χ2n) is 8.03. The Hall–Kier alpha value is -3.22. The molecule has 0 N–H and O–H groups in total. The molecule has 2 saturated carbocycles. The minimum atomic E-state index is -0.640. The fourth-order valence-corrected chi connectivity index (χ4v) is 3.58. The molecule has 1 aromatic carbocycles. The molecule has 0 saturated heterocycles. The first-order valence-electron chi connectivity index (χ1n) is 10.5. The van der Waals surface area contributed by atoms with Gasteiger partial charge in [0.05, 0.1) is 6.20 Å². The molecule has 1 atom stereocenters. The van der Waals surface area contributed by atoms with Crippen LogP contribution in [-0.2, 0) is 14.3 Å². The maximum absolute atomic E-state index is 14.3. The second-order valence-corrected chi connectivity index (χ2v) is 8.03. The number of carbonyl (C=O) groups is 2. The highest BCUT2D eigenvalue weighted by Crippen LogP contribution is 2.39. The molecule has 2 fully saturated rings. The summed E-state index contributed by atoms with van der Waals surface area (Å²) in [5.74, 6) is -0.299. The Balaban J connectivity index is 1.29. The second kappa shape index (κ2) is 9.29. The number of esters is 1. The largest absolute Gasteiger partial charge is 0.453 e. The van der Waals surface area contributed by atoms with Crippen molar-refractivity contribution in [2.45, 2.75) is 44.7 Å². The lowest BCUT2D eigenvalue weighted by molar-refractivity contribution is -0.149. The summed E-state index contributed by atoms with van der Waals surface area (Å²) < 4.78 is 24.9. The molecule has 162 valence electrons. The number of nitrogens with zero attached hydrogens (tertiary/aromatic N) is 2. The summed E-state index contributed by atoms with van der Waals surface area (Å²) in [6.45, 7) is 1.80. The van der Waals surface area contributed by atoms with Gasteiger partial charge in [-0.15, -0.1) is 0 Å². The van der Waals surface area contributed by atoms with Crippen LogP contribution in [0.25, 0.3) is 6.08 Å². The van der Waals surface area contributed by atoms with Crippen molar-refractivity contribution in [1.82, 2.24) is 9.88 Å². The molecule has 0 radical (unpaired) electrons. The lowest BCUT2D eigenvalue weighted by Gasteiger charge is -2.29. The molecular weight excluding hydrogens is 399 g/mol. The Morgan fingerprint density at radius 1 is 1.26 bits per heavy atom. The molecule has 2 aliphatic rings. The van der Waals surface area contributed by atoms with Crippen LogP contribution < -0.4 is 4.74 Å². The van der Waals surface area contributed by atoms with Gasteiger partial charge in [-0.2, -0.15) is 0 Å². The summed E-state index contributed by atoms with van der Waals surface area (Å²) in [5, 5.41) is 0. The Kier molecular flexibility index (Phi) is 6.30. The molecule has 1 heterocycles. The van der Waals surface area contributed by atoms with Crippen molar-refractivity contribution in [3.05, 3.63) is 60.2 Å². The Bertz CT molecular complexity index is 971. The van der Waals surface area contributed by atoms with Gasteiger partial charge in [0.1, 0.15) is 5.75 Å². The topological polar surface area (TPSA) is 68.7 Å². The van der Waals surface area contributed by atoms with Crippen molar-refractivity contribution in [1.29, 1.82) is 0 Å². The van der Waals surface area contributed by atoms with Crippen molar-refractivity contribution in [2.24, 2.45) is 5.92 Å². The monoisotopic (exact) mass is 424 g/mol. The van der Waals surface area contributed by atoms with E-state index in [1.807, 2.05) is 4.90 Å². The average Bonchev–Trinajstić information content (AvgIpc) is 3.67. The van der Waals surface area contributed by atoms with Gasteiger partial charge in [0.15, 0.2) is 18.2 Å². The van der Waals surface area contributed by atoms with E-state index < -0.39 is 11.8 Å². The minimum absolute atomic E-state index is 0.0586. The Labute approximate surface area is 180 Å². The number of ether oxygens (including phenoxy) is 2. The lowest BCUT2D eigenvalue weighted by atomic mass is 10.1. The molecular formula is C24H25FN2O4. The average molecular weight is 424 g/mol. The maximum Gasteiger partial charge on any atom is 0.331 e. The molecule has 0 spiro atoms. The smallest absolute Gasteiger partial charge is 0.331 e. The van der Waals surface area contributed by atoms with Crippen LogP contribution in [0.1, 0.15) is 38.2 Å². The third kappa shape index (κ3) is 5.69. The zero-order valence-electron chi connectivity index (χ0n) is 17.4. The van der Waals surface area contributed by atoms with Crippen LogP contribution >= 0.6 is 0 Å². The SMILES string of the molecule is CC(C1CC1)N(C(=O)COC(=O)/C=C/c1ccc(Oc2cccnc2)c(F)c1)C1CC1. The number of rotatable bonds is 9. The summed E-state index contributed by atoms with van der Waals surface area (Å²) in [6, 6.07) is 8.20. The maximum atomic E-state index is 14.3. The highest BCUT2D eigenvalue weighted by Gasteiger charge is 2.41. The van der Waals surface area contributed by atoms with Crippen LogP contribution in [-0.4, -0.2) is 40.5 Å². The fourth-order valence-electron chi connectivity index (χ4n) is 3.58.